The molecule has 3 N–H and O–H groups in total. The number of carbonyl (C=O) groups is 1. The third kappa shape index (κ3) is 3.68. The summed E-state index contributed by atoms with van der Waals surface area (Å²) in [5, 5.41) is 2.72. The number of ether oxygens (including phenoxy) is 1. The van der Waals surface area contributed by atoms with E-state index in [4.69, 9.17) is 10.5 Å². The van der Waals surface area contributed by atoms with Gasteiger partial charge in [0, 0.05) is 5.69 Å². The minimum absolute atomic E-state index is 0.213. The number of aromatic nitrogens is 2. The van der Waals surface area contributed by atoms with Gasteiger partial charge in [-0.05, 0) is 30.7 Å². The molecule has 0 atom stereocenters. The Balaban J connectivity index is 1.99. The second kappa shape index (κ2) is 6.51. The van der Waals surface area contributed by atoms with E-state index in [1.807, 2.05) is 6.92 Å². The topological polar surface area (TPSA) is 90.1 Å². The second-order valence-electron chi connectivity index (χ2n) is 4.15. The highest BCUT2D eigenvalue weighted by Gasteiger charge is 2.08. The largest absolute Gasteiger partial charge is 0.494 e. The van der Waals surface area contributed by atoms with Crippen LogP contribution in [-0.2, 0) is 0 Å². The van der Waals surface area contributed by atoms with Gasteiger partial charge in [-0.2, -0.15) is 0 Å². The molecule has 1 aromatic carbocycles. The molecule has 0 bridgehead atoms. The Labute approximate surface area is 117 Å². The van der Waals surface area contributed by atoms with Crippen molar-refractivity contribution in [3.05, 3.63) is 42.4 Å². The second-order valence-corrected chi connectivity index (χ2v) is 4.15. The van der Waals surface area contributed by atoms with E-state index in [9.17, 15) is 4.79 Å². The molecule has 2 aromatic rings. The molecule has 0 aliphatic rings. The van der Waals surface area contributed by atoms with Gasteiger partial charge in [0.1, 0.15) is 17.3 Å². The van der Waals surface area contributed by atoms with Crippen molar-refractivity contribution in [1.82, 2.24) is 9.97 Å². The Morgan fingerprint density at radius 1 is 1.25 bits per heavy atom. The third-order valence-corrected chi connectivity index (χ3v) is 2.49. The van der Waals surface area contributed by atoms with Gasteiger partial charge in [0.15, 0.2) is 0 Å². The molecule has 1 aromatic heterocycles. The first kappa shape index (κ1) is 13.8. The van der Waals surface area contributed by atoms with Crippen molar-refractivity contribution in [3.63, 3.8) is 0 Å². The first-order valence-electron chi connectivity index (χ1n) is 6.31. The summed E-state index contributed by atoms with van der Waals surface area (Å²) in [5.41, 5.74) is 6.29. The summed E-state index contributed by atoms with van der Waals surface area (Å²) in [7, 11) is 0. The van der Waals surface area contributed by atoms with Crippen LogP contribution in [0.1, 0.15) is 23.8 Å². The Morgan fingerprint density at radius 2 is 2.00 bits per heavy atom. The number of rotatable bonds is 5. The minimum Gasteiger partial charge on any atom is -0.494 e. The number of anilines is 2. The van der Waals surface area contributed by atoms with E-state index >= 15 is 0 Å². The highest BCUT2D eigenvalue weighted by atomic mass is 16.5. The van der Waals surface area contributed by atoms with Crippen LogP contribution in [0.15, 0.2) is 36.7 Å². The van der Waals surface area contributed by atoms with Crippen molar-refractivity contribution in [2.75, 3.05) is 17.7 Å². The van der Waals surface area contributed by atoms with Crippen LogP contribution in [0.2, 0.25) is 0 Å². The van der Waals surface area contributed by atoms with Crippen LogP contribution in [0.4, 0.5) is 11.5 Å². The molecule has 1 heterocycles. The Bertz CT molecular complexity index is 567. The molecular weight excluding hydrogens is 256 g/mol. The highest BCUT2D eigenvalue weighted by molar-refractivity contribution is 6.02. The summed E-state index contributed by atoms with van der Waals surface area (Å²) in [6.45, 7) is 2.72. The number of nitrogen functional groups attached to an aromatic ring is 1. The molecular formula is C14H16N4O2. The van der Waals surface area contributed by atoms with Gasteiger partial charge in [0.05, 0.1) is 19.0 Å². The van der Waals surface area contributed by atoms with Crippen LogP contribution in [0.5, 0.6) is 5.75 Å². The zero-order valence-corrected chi connectivity index (χ0v) is 11.2. The molecule has 0 aliphatic carbocycles. The Morgan fingerprint density at radius 3 is 2.60 bits per heavy atom. The summed E-state index contributed by atoms with van der Waals surface area (Å²) >= 11 is 0. The molecule has 0 radical (unpaired) electrons. The first-order chi connectivity index (χ1) is 9.69. The van der Waals surface area contributed by atoms with Crippen LogP contribution < -0.4 is 15.8 Å². The normalized spacial score (nSPS) is 10.1. The molecule has 0 saturated carbocycles. The average Bonchev–Trinajstić information content (AvgIpc) is 2.47. The fourth-order valence-electron chi connectivity index (χ4n) is 1.50. The van der Waals surface area contributed by atoms with Crippen molar-refractivity contribution in [3.8, 4) is 5.75 Å². The van der Waals surface area contributed by atoms with E-state index in [-0.39, 0.29) is 17.4 Å². The molecule has 0 fully saturated rings. The van der Waals surface area contributed by atoms with E-state index in [0.717, 1.165) is 12.2 Å². The number of benzene rings is 1. The number of hydrogen-bond donors (Lipinski definition) is 2. The van der Waals surface area contributed by atoms with Gasteiger partial charge in [0.2, 0.25) is 0 Å². The Kier molecular flexibility index (Phi) is 4.49. The number of amides is 1. The van der Waals surface area contributed by atoms with Gasteiger partial charge in [-0.3, -0.25) is 4.79 Å². The number of carbonyl (C=O) groups excluding carboxylic acids is 1. The molecule has 20 heavy (non-hydrogen) atoms. The molecule has 1 amide bonds. The zero-order chi connectivity index (χ0) is 14.4. The first-order valence-corrected chi connectivity index (χ1v) is 6.31. The van der Waals surface area contributed by atoms with Crippen LogP contribution in [0, 0.1) is 0 Å². The third-order valence-electron chi connectivity index (χ3n) is 2.49. The van der Waals surface area contributed by atoms with Crippen molar-refractivity contribution < 1.29 is 9.53 Å². The lowest BCUT2D eigenvalue weighted by atomic mass is 10.3. The SMILES string of the molecule is CCCOc1ccc(NC(=O)c2cnc(N)cn2)cc1. The van der Waals surface area contributed by atoms with Crippen molar-refractivity contribution in [1.29, 1.82) is 0 Å². The maximum atomic E-state index is 11.9. The van der Waals surface area contributed by atoms with Crippen LogP contribution in [-0.4, -0.2) is 22.5 Å². The molecule has 0 unspecified atom stereocenters. The van der Waals surface area contributed by atoms with Crippen molar-refractivity contribution >= 4 is 17.4 Å². The van der Waals surface area contributed by atoms with Crippen LogP contribution in [0.3, 0.4) is 0 Å². The summed E-state index contributed by atoms with van der Waals surface area (Å²) in [6.07, 6.45) is 3.63. The fourth-order valence-corrected chi connectivity index (χ4v) is 1.50. The van der Waals surface area contributed by atoms with E-state index < -0.39 is 0 Å². The van der Waals surface area contributed by atoms with Gasteiger partial charge in [0.25, 0.3) is 5.91 Å². The summed E-state index contributed by atoms with van der Waals surface area (Å²) in [5.74, 6) is 0.718. The molecule has 6 nitrogen and oxygen atoms in total. The molecule has 0 saturated heterocycles. The van der Waals surface area contributed by atoms with Gasteiger partial charge in [-0.25, -0.2) is 9.97 Å². The summed E-state index contributed by atoms with van der Waals surface area (Å²) < 4.78 is 5.46. The Hall–Kier alpha value is -2.63. The number of nitrogens with one attached hydrogen (secondary N) is 1. The smallest absolute Gasteiger partial charge is 0.275 e. The van der Waals surface area contributed by atoms with E-state index in [1.165, 1.54) is 12.4 Å². The molecule has 6 heteroatoms. The van der Waals surface area contributed by atoms with Crippen molar-refractivity contribution in [2.45, 2.75) is 13.3 Å². The standard InChI is InChI=1S/C14H16N4O2/c1-2-7-20-11-5-3-10(4-6-11)18-14(19)12-8-17-13(15)9-16-12/h3-6,8-9H,2,7H2,1H3,(H2,15,17)(H,18,19). The average molecular weight is 272 g/mol. The van der Waals surface area contributed by atoms with E-state index in [2.05, 4.69) is 15.3 Å². The lowest BCUT2D eigenvalue weighted by molar-refractivity contribution is 0.102. The summed E-state index contributed by atoms with van der Waals surface area (Å²) in [6, 6.07) is 7.15. The van der Waals surface area contributed by atoms with Crippen LogP contribution >= 0.6 is 0 Å². The predicted octanol–water partition coefficient (Wildman–Crippen LogP) is 2.10. The lowest BCUT2D eigenvalue weighted by Crippen LogP contribution is -2.14. The van der Waals surface area contributed by atoms with Gasteiger partial charge >= 0.3 is 0 Å². The fraction of sp³-hybridized carbons (Fsp3) is 0.214. The quantitative estimate of drug-likeness (QED) is 0.869. The maximum Gasteiger partial charge on any atom is 0.275 e. The molecule has 2 rings (SSSR count). The molecule has 0 spiro atoms. The molecule has 104 valence electrons. The highest BCUT2D eigenvalue weighted by Crippen LogP contribution is 2.16. The van der Waals surface area contributed by atoms with Crippen molar-refractivity contribution in [2.24, 2.45) is 0 Å². The van der Waals surface area contributed by atoms with Gasteiger partial charge in [-0.1, -0.05) is 6.92 Å². The zero-order valence-electron chi connectivity index (χ0n) is 11.2. The van der Waals surface area contributed by atoms with Gasteiger partial charge < -0.3 is 15.8 Å². The monoisotopic (exact) mass is 272 g/mol. The summed E-state index contributed by atoms with van der Waals surface area (Å²) in [4.78, 5) is 19.6. The number of nitrogens with two attached hydrogens (primary N) is 1. The van der Waals surface area contributed by atoms with E-state index in [0.29, 0.717) is 12.3 Å². The minimum atomic E-state index is -0.334. The maximum absolute atomic E-state index is 11.9. The van der Waals surface area contributed by atoms with E-state index in [1.54, 1.807) is 24.3 Å². The van der Waals surface area contributed by atoms with Gasteiger partial charge in [-0.15, -0.1) is 0 Å². The predicted molar refractivity (Wildman–Crippen MR) is 76.6 cm³/mol. The lowest BCUT2D eigenvalue weighted by Gasteiger charge is -2.07. The number of hydrogen-bond acceptors (Lipinski definition) is 5. The molecule has 0 aliphatic heterocycles. The van der Waals surface area contributed by atoms with Crippen LogP contribution in [0.25, 0.3) is 0 Å². The number of nitrogens with zero attached hydrogens (tertiary/aromatic N) is 2.